The lowest BCUT2D eigenvalue weighted by Crippen LogP contribution is -2.37. The number of methoxy groups -OCH3 is 2. The van der Waals surface area contributed by atoms with Crippen LogP contribution in [-0.4, -0.2) is 58.7 Å². The Morgan fingerprint density at radius 1 is 1.17 bits per heavy atom. The molecule has 3 N–H and O–H groups in total. The lowest BCUT2D eigenvalue weighted by Gasteiger charge is -2.13. The number of aromatic hydroxyl groups is 1. The maximum atomic E-state index is 9.85. The first-order valence-electron chi connectivity index (χ1n) is 7.58. The molecule has 0 atom stereocenters. The van der Waals surface area contributed by atoms with Crippen LogP contribution in [-0.2, 0) is 16.0 Å². The smallest absolute Gasteiger partial charge is 0.191 e. The Morgan fingerprint density at radius 3 is 2.70 bits per heavy atom. The van der Waals surface area contributed by atoms with Gasteiger partial charge in [0.2, 0.25) is 0 Å². The molecule has 0 amide bonds. The standard InChI is InChI=1S/C16H27N3O4/c1-17-16(18-7-4-8-23-10-9-21-2)19-12-13-11-14(22-3)5-6-15(13)20/h5-6,11,20H,4,7-10,12H2,1-3H3,(H2,17,18,19). The van der Waals surface area contributed by atoms with Crippen molar-refractivity contribution in [3.05, 3.63) is 23.8 Å². The summed E-state index contributed by atoms with van der Waals surface area (Å²) in [5.41, 5.74) is 0.746. The lowest BCUT2D eigenvalue weighted by atomic mass is 10.2. The Labute approximate surface area is 137 Å². The highest BCUT2D eigenvalue weighted by Crippen LogP contribution is 2.22. The van der Waals surface area contributed by atoms with E-state index in [1.807, 2.05) is 0 Å². The maximum absolute atomic E-state index is 9.85. The number of benzene rings is 1. The van der Waals surface area contributed by atoms with E-state index in [0.29, 0.717) is 38.1 Å². The van der Waals surface area contributed by atoms with Crippen LogP contribution in [0.25, 0.3) is 0 Å². The normalized spacial score (nSPS) is 11.3. The topological polar surface area (TPSA) is 84.3 Å². The van der Waals surface area contributed by atoms with Gasteiger partial charge >= 0.3 is 0 Å². The lowest BCUT2D eigenvalue weighted by molar-refractivity contribution is 0.0698. The average Bonchev–Trinajstić information content (AvgIpc) is 2.58. The molecule has 0 bridgehead atoms. The molecule has 0 aliphatic heterocycles. The molecular formula is C16H27N3O4. The van der Waals surface area contributed by atoms with Crippen LogP contribution in [0.2, 0.25) is 0 Å². The predicted molar refractivity (Wildman–Crippen MR) is 90.2 cm³/mol. The van der Waals surface area contributed by atoms with Crippen molar-refractivity contribution in [1.29, 1.82) is 0 Å². The van der Waals surface area contributed by atoms with Gasteiger partial charge in [0.05, 0.1) is 20.3 Å². The summed E-state index contributed by atoms with van der Waals surface area (Å²) in [7, 11) is 4.95. The molecule has 23 heavy (non-hydrogen) atoms. The van der Waals surface area contributed by atoms with Crippen LogP contribution in [0.5, 0.6) is 11.5 Å². The number of aliphatic imine (C=N–C) groups is 1. The molecule has 7 heteroatoms. The van der Waals surface area contributed by atoms with Crippen LogP contribution < -0.4 is 15.4 Å². The van der Waals surface area contributed by atoms with E-state index in [2.05, 4.69) is 15.6 Å². The van der Waals surface area contributed by atoms with Gasteiger partial charge in [-0.15, -0.1) is 0 Å². The summed E-state index contributed by atoms with van der Waals surface area (Å²) in [6, 6.07) is 5.12. The summed E-state index contributed by atoms with van der Waals surface area (Å²) in [5.74, 6) is 1.60. The summed E-state index contributed by atoms with van der Waals surface area (Å²) >= 11 is 0. The van der Waals surface area contributed by atoms with Crippen LogP contribution in [0.15, 0.2) is 23.2 Å². The third-order valence-corrected chi connectivity index (χ3v) is 3.15. The van der Waals surface area contributed by atoms with E-state index in [-0.39, 0.29) is 5.75 Å². The van der Waals surface area contributed by atoms with Crippen molar-refractivity contribution in [1.82, 2.24) is 10.6 Å². The molecule has 7 nitrogen and oxygen atoms in total. The number of guanidine groups is 1. The third kappa shape index (κ3) is 7.71. The van der Waals surface area contributed by atoms with Crippen LogP contribution in [0.1, 0.15) is 12.0 Å². The van der Waals surface area contributed by atoms with E-state index in [1.54, 1.807) is 39.5 Å². The number of rotatable bonds is 10. The maximum Gasteiger partial charge on any atom is 0.191 e. The number of ether oxygens (including phenoxy) is 3. The van der Waals surface area contributed by atoms with Gasteiger partial charge in [0, 0.05) is 39.4 Å². The van der Waals surface area contributed by atoms with Crippen molar-refractivity contribution in [2.45, 2.75) is 13.0 Å². The molecular weight excluding hydrogens is 298 g/mol. The molecule has 130 valence electrons. The Balaban J connectivity index is 2.29. The van der Waals surface area contributed by atoms with Crippen LogP contribution in [0.3, 0.4) is 0 Å². The molecule has 0 aliphatic carbocycles. The molecule has 0 radical (unpaired) electrons. The molecule has 0 saturated heterocycles. The first-order chi connectivity index (χ1) is 11.2. The Hall–Kier alpha value is -1.99. The van der Waals surface area contributed by atoms with E-state index in [1.165, 1.54) is 0 Å². The fraction of sp³-hybridized carbons (Fsp3) is 0.562. The zero-order valence-corrected chi connectivity index (χ0v) is 14.1. The van der Waals surface area contributed by atoms with Gasteiger partial charge in [-0.1, -0.05) is 0 Å². The highest BCUT2D eigenvalue weighted by molar-refractivity contribution is 5.79. The fourth-order valence-electron chi connectivity index (χ4n) is 1.86. The van der Waals surface area contributed by atoms with Crippen LogP contribution in [0.4, 0.5) is 0 Å². The summed E-state index contributed by atoms with van der Waals surface area (Å²) in [4.78, 5) is 4.14. The molecule has 0 aliphatic rings. The van der Waals surface area contributed by atoms with Gasteiger partial charge in [0.1, 0.15) is 11.5 Å². The van der Waals surface area contributed by atoms with Crippen molar-refractivity contribution >= 4 is 5.96 Å². The largest absolute Gasteiger partial charge is 0.508 e. The van der Waals surface area contributed by atoms with Gasteiger partial charge in [0.25, 0.3) is 0 Å². The number of hydrogen-bond donors (Lipinski definition) is 3. The first-order valence-corrected chi connectivity index (χ1v) is 7.58. The average molecular weight is 325 g/mol. The van der Waals surface area contributed by atoms with E-state index in [9.17, 15) is 5.11 Å². The molecule has 1 aromatic rings. The highest BCUT2D eigenvalue weighted by Gasteiger charge is 2.04. The molecule has 0 spiro atoms. The Bertz CT molecular complexity index is 480. The Morgan fingerprint density at radius 2 is 2.00 bits per heavy atom. The first kappa shape index (κ1) is 19.1. The number of hydrogen-bond acceptors (Lipinski definition) is 5. The molecule has 0 fully saturated rings. The number of nitrogens with one attached hydrogen (secondary N) is 2. The predicted octanol–water partition coefficient (Wildman–Crippen LogP) is 1.12. The highest BCUT2D eigenvalue weighted by atomic mass is 16.5. The van der Waals surface area contributed by atoms with Gasteiger partial charge in [-0.25, -0.2) is 0 Å². The quantitative estimate of drug-likeness (QED) is 0.340. The molecule has 0 aromatic heterocycles. The minimum atomic E-state index is 0.222. The zero-order chi connectivity index (χ0) is 16.9. The van der Waals surface area contributed by atoms with E-state index < -0.39 is 0 Å². The number of phenolic OH excluding ortho intramolecular Hbond substituents is 1. The van der Waals surface area contributed by atoms with Crippen molar-refractivity contribution in [2.75, 3.05) is 47.6 Å². The van der Waals surface area contributed by atoms with Gasteiger partial charge in [-0.2, -0.15) is 0 Å². The summed E-state index contributed by atoms with van der Waals surface area (Å²) in [5, 5.41) is 16.2. The summed E-state index contributed by atoms with van der Waals surface area (Å²) in [6.45, 7) is 3.09. The third-order valence-electron chi connectivity index (χ3n) is 3.15. The molecule has 1 aromatic carbocycles. The van der Waals surface area contributed by atoms with E-state index >= 15 is 0 Å². The molecule has 0 saturated carbocycles. The van der Waals surface area contributed by atoms with Gasteiger partial charge in [-0.3, -0.25) is 4.99 Å². The fourth-order valence-corrected chi connectivity index (χ4v) is 1.86. The van der Waals surface area contributed by atoms with E-state index in [4.69, 9.17) is 14.2 Å². The van der Waals surface area contributed by atoms with Crippen molar-refractivity contribution in [3.63, 3.8) is 0 Å². The number of phenols is 1. The monoisotopic (exact) mass is 325 g/mol. The van der Waals surface area contributed by atoms with Crippen molar-refractivity contribution < 1.29 is 19.3 Å². The van der Waals surface area contributed by atoms with Gasteiger partial charge < -0.3 is 30.0 Å². The SMILES string of the molecule is CN=C(NCCCOCCOC)NCc1cc(OC)ccc1O. The Kier molecular flexibility index (Phi) is 9.58. The second-order valence-electron chi connectivity index (χ2n) is 4.81. The minimum absolute atomic E-state index is 0.222. The summed E-state index contributed by atoms with van der Waals surface area (Å²) < 4.78 is 15.4. The van der Waals surface area contributed by atoms with Crippen molar-refractivity contribution in [3.8, 4) is 11.5 Å². The van der Waals surface area contributed by atoms with E-state index in [0.717, 1.165) is 18.5 Å². The van der Waals surface area contributed by atoms with Crippen LogP contribution in [0, 0.1) is 0 Å². The minimum Gasteiger partial charge on any atom is -0.508 e. The van der Waals surface area contributed by atoms with Gasteiger partial charge in [-0.05, 0) is 24.6 Å². The van der Waals surface area contributed by atoms with Crippen molar-refractivity contribution in [2.24, 2.45) is 4.99 Å². The second-order valence-corrected chi connectivity index (χ2v) is 4.81. The molecule has 1 rings (SSSR count). The zero-order valence-electron chi connectivity index (χ0n) is 14.1. The second kappa shape index (κ2) is 11.6. The molecule has 0 heterocycles. The number of nitrogens with zero attached hydrogens (tertiary/aromatic N) is 1. The van der Waals surface area contributed by atoms with Gasteiger partial charge in [0.15, 0.2) is 5.96 Å². The molecule has 0 unspecified atom stereocenters. The van der Waals surface area contributed by atoms with Crippen LogP contribution >= 0.6 is 0 Å². The summed E-state index contributed by atoms with van der Waals surface area (Å²) in [6.07, 6.45) is 0.870.